The van der Waals surface area contributed by atoms with E-state index in [1.165, 1.54) is 18.7 Å². The Hall–Kier alpha value is -2.53. The molecule has 0 aliphatic heterocycles. The summed E-state index contributed by atoms with van der Waals surface area (Å²) in [5.74, 6) is -0.0643. The van der Waals surface area contributed by atoms with Crippen molar-refractivity contribution in [1.82, 2.24) is 0 Å². The molecule has 0 fully saturated rings. The summed E-state index contributed by atoms with van der Waals surface area (Å²) in [5.41, 5.74) is 1.11. The molecule has 5 heteroatoms. The zero-order chi connectivity index (χ0) is 16.4. The molecule has 0 amide bonds. The van der Waals surface area contributed by atoms with Gasteiger partial charge in [0.25, 0.3) is 0 Å². The number of benzene rings is 2. The molecule has 0 saturated heterocycles. The van der Waals surface area contributed by atoms with E-state index in [1.54, 1.807) is 24.3 Å². The van der Waals surface area contributed by atoms with Crippen LogP contribution in [0.25, 0.3) is 11.0 Å². The molecule has 0 N–H and O–H groups in total. The molecule has 0 aliphatic rings. The molecule has 0 radical (unpaired) electrons. The van der Waals surface area contributed by atoms with E-state index in [0.29, 0.717) is 16.2 Å². The lowest BCUT2D eigenvalue weighted by molar-refractivity contribution is -0.131. The molecule has 3 rings (SSSR count). The summed E-state index contributed by atoms with van der Waals surface area (Å²) < 4.78 is 10.3. The van der Waals surface area contributed by atoms with Gasteiger partial charge in [0.05, 0.1) is 4.90 Å². The lowest BCUT2D eigenvalue weighted by atomic mass is 10.2. The topological polar surface area (TPSA) is 56.5 Å². The van der Waals surface area contributed by atoms with Crippen LogP contribution in [0.5, 0.6) is 5.75 Å². The Morgan fingerprint density at radius 2 is 1.96 bits per heavy atom. The largest absolute Gasteiger partial charge is 0.427 e. The third kappa shape index (κ3) is 3.63. The molecule has 0 saturated carbocycles. The molecule has 0 aliphatic carbocycles. The number of rotatable bonds is 3. The van der Waals surface area contributed by atoms with Crippen molar-refractivity contribution < 1.29 is 13.9 Å². The van der Waals surface area contributed by atoms with Crippen LogP contribution in [0.3, 0.4) is 0 Å². The van der Waals surface area contributed by atoms with E-state index in [-0.39, 0.29) is 0 Å². The normalized spacial score (nSPS) is 10.7. The minimum Gasteiger partial charge on any atom is -0.427 e. The van der Waals surface area contributed by atoms with Crippen LogP contribution >= 0.6 is 11.8 Å². The summed E-state index contributed by atoms with van der Waals surface area (Å²) in [6.07, 6.45) is 0. The molecule has 0 spiro atoms. The second kappa shape index (κ2) is 6.30. The maximum absolute atomic E-state index is 12.2. The van der Waals surface area contributed by atoms with Gasteiger partial charge in [-0.2, -0.15) is 0 Å². The van der Waals surface area contributed by atoms with Gasteiger partial charge < -0.3 is 9.15 Å². The number of aryl methyl sites for hydroxylation is 1. The minimum atomic E-state index is -0.418. The molecule has 3 aromatic rings. The van der Waals surface area contributed by atoms with Crippen LogP contribution in [-0.4, -0.2) is 5.97 Å². The van der Waals surface area contributed by atoms with Gasteiger partial charge in [0.15, 0.2) is 0 Å². The Bertz CT molecular complexity index is 943. The number of hydrogen-bond acceptors (Lipinski definition) is 5. The molecular formula is C18H14O4S. The fourth-order valence-corrected chi connectivity index (χ4v) is 3.14. The smallest absolute Gasteiger partial charge is 0.350 e. The summed E-state index contributed by atoms with van der Waals surface area (Å²) in [5, 5.41) is 0.774. The van der Waals surface area contributed by atoms with Crippen molar-refractivity contribution in [2.75, 3.05) is 0 Å². The summed E-state index contributed by atoms with van der Waals surface area (Å²) in [6.45, 7) is 3.32. The number of carbonyl (C=O) groups is 1. The molecule has 1 heterocycles. The Kier molecular flexibility index (Phi) is 4.21. The van der Waals surface area contributed by atoms with E-state index in [9.17, 15) is 9.59 Å². The maximum Gasteiger partial charge on any atom is 0.350 e. The summed E-state index contributed by atoms with van der Waals surface area (Å²) in [4.78, 5) is 24.6. The molecule has 23 heavy (non-hydrogen) atoms. The Morgan fingerprint density at radius 1 is 1.13 bits per heavy atom. The zero-order valence-electron chi connectivity index (χ0n) is 12.7. The predicted octanol–water partition coefficient (Wildman–Crippen LogP) is 4.18. The van der Waals surface area contributed by atoms with E-state index in [0.717, 1.165) is 15.8 Å². The highest BCUT2D eigenvalue weighted by atomic mass is 32.2. The highest BCUT2D eigenvalue weighted by molar-refractivity contribution is 7.99. The molecule has 0 bridgehead atoms. The van der Waals surface area contributed by atoms with E-state index in [4.69, 9.17) is 9.15 Å². The molecule has 1 aromatic heterocycles. The van der Waals surface area contributed by atoms with Crippen LogP contribution < -0.4 is 10.4 Å². The first-order valence-electron chi connectivity index (χ1n) is 7.02. The lowest BCUT2D eigenvalue weighted by Gasteiger charge is -2.05. The van der Waals surface area contributed by atoms with Gasteiger partial charge in [0.2, 0.25) is 0 Å². The van der Waals surface area contributed by atoms with Crippen molar-refractivity contribution >= 4 is 28.7 Å². The number of ether oxygens (including phenoxy) is 1. The number of hydrogen-bond donors (Lipinski definition) is 0. The van der Waals surface area contributed by atoms with Crippen molar-refractivity contribution in [3.63, 3.8) is 0 Å². The van der Waals surface area contributed by atoms with Crippen molar-refractivity contribution in [1.29, 1.82) is 0 Å². The van der Waals surface area contributed by atoms with Gasteiger partial charge in [-0.1, -0.05) is 29.5 Å². The molecule has 2 aromatic carbocycles. The van der Waals surface area contributed by atoms with Crippen LogP contribution in [0.2, 0.25) is 0 Å². The van der Waals surface area contributed by atoms with Gasteiger partial charge >= 0.3 is 11.6 Å². The van der Waals surface area contributed by atoms with E-state index in [2.05, 4.69) is 0 Å². The molecule has 0 unspecified atom stereocenters. The quantitative estimate of drug-likeness (QED) is 0.410. The van der Waals surface area contributed by atoms with Gasteiger partial charge in [0.1, 0.15) is 11.3 Å². The first kappa shape index (κ1) is 15.4. The molecular weight excluding hydrogens is 312 g/mol. The third-order valence-corrected chi connectivity index (χ3v) is 4.15. The van der Waals surface area contributed by atoms with E-state index >= 15 is 0 Å². The summed E-state index contributed by atoms with van der Waals surface area (Å²) in [6, 6.07) is 14.7. The van der Waals surface area contributed by atoms with Gasteiger partial charge in [-0.25, -0.2) is 4.79 Å². The first-order valence-corrected chi connectivity index (χ1v) is 7.84. The van der Waals surface area contributed by atoms with Gasteiger partial charge in [-0.3, -0.25) is 4.79 Å². The number of esters is 1. The number of carbonyl (C=O) groups excluding carboxylic acids is 1. The molecule has 0 atom stereocenters. The highest BCUT2D eigenvalue weighted by Gasteiger charge is 2.09. The van der Waals surface area contributed by atoms with E-state index in [1.807, 2.05) is 31.2 Å². The molecule has 116 valence electrons. The van der Waals surface area contributed by atoms with Crippen LogP contribution in [-0.2, 0) is 4.79 Å². The second-order valence-corrected chi connectivity index (χ2v) is 6.23. The van der Waals surface area contributed by atoms with Crippen LogP contribution in [0, 0.1) is 6.92 Å². The third-order valence-electron chi connectivity index (χ3n) is 3.15. The summed E-state index contributed by atoms with van der Waals surface area (Å²) >= 11 is 1.37. The lowest BCUT2D eigenvalue weighted by Crippen LogP contribution is -2.03. The van der Waals surface area contributed by atoms with Crippen LogP contribution in [0.1, 0.15) is 12.5 Å². The van der Waals surface area contributed by atoms with Gasteiger partial charge in [0, 0.05) is 23.3 Å². The predicted molar refractivity (Wildman–Crippen MR) is 89.1 cm³/mol. The Balaban J connectivity index is 1.98. The van der Waals surface area contributed by atoms with Crippen LogP contribution in [0.4, 0.5) is 0 Å². The van der Waals surface area contributed by atoms with Crippen molar-refractivity contribution in [3.05, 3.63) is 64.5 Å². The van der Waals surface area contributed by atoms with Gasteiger partial charge in [-0.05, 0) is 37.3 Å². The van der Waals surface area contributed by atoms with Crippen molar-refractivity contribution in [2.24, 2.45) is 0 Å². The monoisotopic (exact) mass is 326 g/mol. The molecule has 4 nitrogen and oxygen atoms in total. The second-order valence-electron chi connectivity index (χ2n) is 5.11. The van der Waals surface area contributed by atoms with Crippen molar-refractivity contribution in [2.45, 2.75) is 23.6 Å². The average molecular weight is 326 g/mol. The van der Waals surface area contributed by atoms with E-state index < -0.39 is 11.6 Å². The zero-order valence-corrected chi connectivity index (χ0v) is 13.5. The van der Waals surface area contributed by atoms with Crippen LogP contribution in [0.15, 0.2) is 67.5 Å². The first-order chi connectivity index (χ1) is 11.0. The standard InChI is InChI=1S/C18H14O4S/c1-11-4-3-5-15(8-11)23-17-9-13-6-7-14(21-12(2)19)10-16(13)22-18(17)20/h3-10H,1-2H3. The number of fused-ring (bicyclic) bond motifs is 1. The Morgan fingerprint density at radius 3 is 2.70 bits per heavy atom. The maximum atomic E-state index is 12.2. The van der Waals surface area contributed by atoms with Crippen molar-refractivity contribution in [3.8, 4) is 5.75 Å². The fraction of sp³-hybridized carbons (Fsp3) is 0.111. The summed E-state index contributed by atoms with van der Waals surface area (Å²) in [7, 11) is 0. The fourth-order valence-electron chi connectivity index (χ4n) is 2.18. The SMILES string of the molecule is CC(=O)Oc1ccc2cc(Sc3cccc(C)c3)c(=O)oc2c1. The highest BCUT2D eigenvalue weighted by Crippen LogP contribution is 2.29. The van der Waals surface area contributed by atoms with Gasteiger partial charge in [-0.15, -0.1) is 0 Å². The Labute approximate surface area is 137 Å². The average Bonchev–Trinajstić information content (AvgIpc) is 2.48. The minimum absolute atomic E-state index is 0.354.